The summed E-state index contributed by atoms with van der Waals surface area (Å²) in [5, 5.41) is 10.6. The summed E-state index contributed by atoms with van der Waals surface area (Å²) in [4.78, 5) is 72.4. The van der Waals surface area contributed by atoms with Crippen molar-refractivity contribution < 1.29 is 80.2 Å². The third-order valence-corrected chi connectivity index (χ3v) is 17.7. The second-order valence-electron chi connectivity index (χ2n) is 25.0. The summed E-state index contributed by atoms with van der Waals surface area (Å²) in [5.74, 6) is -1.40. The Hall–Kier alpha value is -1.94. The highest BCUT2D eigenvalue weighted by molar-refractivity contribution is 7.47. The number of phosphoric acid groups is 2. The molecule has 0 aromatic heterocycles. The van der Waals surface area contributed by atoms with Gasteiger partial charge in [-0.05, 0) is 31.6 Å². The second kappa shape index (κ2) is 61.6. The topological polar surface area (TPSA) is 237 Å². The van der Waals surface area contributed by atoms with Crippen LogP contribution in [0.1, 0.15) is 349 Å². The zero-order valence-corrected chi connectivity index (χ0v) is 57.9. The number of aliphatic hydroxyl groups excluding tert-OH is 1. The van der Waals surface area contributed by atoms with E-state index in [1.165, 1.54) is 173 Å². The second-order valence-corrected chi connectivity index (χ2v) is 27.9. The van der Waals surface area contributed by atoms with Crippen LogP contribution in [0.25, 0.3) is 0 Å². The molecule has 0 saturated heterocycles. The molecule has 0 aliphatic heterocycles. The zero-order chi connectivity index (χ0) is 64.2. The van der Waals surface area contributed by atoms with Crippen LogP contribution in [0.5, 0.6) is 0 Å². The van der Waals surface area contributed by atoms with Gasteiger partial charge >= 0.3 is 39.5 Å². The highest BCUT2D eigenvalue weighted by atomic mass is 31.2. The lowest BCUT2D eigenvalue weighted by molar-refractivity contribution is -0.161. The van der Waals surface area contributed by atoms with Gasteiger partial charge in [0.05, 0.1) is 26.4 Å². The molecule has 0 aliphatic carbocycles. The molecular weight excluding hydrogens is 1150 g/mol. The van der Waals surface area contributed by atoms with E-state index in [-0.39, 0.29) is 25.7 Å². The standard InChI is InChI=1S/C68H132O17P2/c1-6-9-12-15-18-21-24-27-30-36-41-46-51-65(70)78-57-63(84-67(72)53-48-43-38-31-28-25-22-19-16-13-10-7-2)59-82-86(74,75)80-55-62(69)56-81-87(76,77)83-60-64(58-79-66(71)52-47-42-37-34-33-35-40-45-50-61(4)5)85-68(73)54-49-44-39-32-29-26-23-20-17-14-11-8-3/h61-64,69H,6-60H2,1-5H3,(H,74,75)(H,76,77)/t62-,63-,64-/m1/s1. The molecule has 0 rings (SSSR count). The highest BCUT2D eigenvalue weighted by Gasteiger charge is 2.30. The van der Waals surface area contributed by atoms with Gasteiger partial charge in [-0.1, -0.05) is 298 Å². The van der Waals surface area contributed by atoms with Gasteiger partial charge in [-0.25, -0.2) is 9.13 Å². The van der Waals surface area contributed by atoms with Gasteiger partial charge in [0.25, 0.3) is 0 Å². The summed E-state index contributed by atoms with van der Waals surface area (Å²) in [6.45, 7) is 7.20. The first-order valence-corrected chi connectivity index (χ1v) is 38.6. The Balaban J connectivity index is 5.25. The van der Waals surface area contributed by atoms with Crippen LogP contribution < -0.4 is 0 Å². The van der Waals surface area contributed by atoms with Crippen LogP contribution >= 0.6 is 15.6 Å². The molecule has 5 atom stereocenters. The summed E-state index contributed by atoms with van der Waals surface area (Å²) in [7, 11) is -9.89. The van der Waals surface area contributed by atoms with Gasteiger partial charge < -0.3 is 33.8 Å². The van der Waals surface area contributed by atoms with E-state index in [1.807, 2.05) is 0 Å². The fourth-order valence-electron chi connectivity index (χ4n) is 10.3. The molecule has 0 aromatic rings. The maximum atomic E-state index is 13.0. The lowest BCUT2D eigenvalue weighted by atomic mass is 10.0. The summed E-state index contributed by atoms with van der Waals surface area (Å²) in [5.41, 5.74) is 0. The van der Waals surface area contributed by atoms with Crippen molar-refractivity contribution >= 4 is 39.5 Å². The van der Waals surface area contributed by atoms with Crippen LogP contribution in [-0.4, -0.2) is 96.7 Å². The maximum Gasteiger partial charge on any atom is 0.472 e. The molecular formula is C68H132O17P2. The smallest absolute Gasteiger partial charge is 0.462 e. The van der Waals surface area contributed by atoms with Crippen LogP contribution in [0.3, 0.4) is 0 Å². The molecule has 0 spiro atoms. The largest absolute Gasteiger partial charge is 0.472 e. The van der Waals surface area contributed by atoms with Crippen molar-refractivity contribution in [1.29, 1.82) is 0 Å². The van der Waals surface area contributed by atoms with E-state index in [2.05, 4.69) is 34.6 Å². The van der Waals surface area contributed by atoms with Crippen LogP contribution in [0.4, 0.5) is 0 Å². The number of ether oxygens (including phenoxy) is 4. The van der Waals surface area contributed by atoms with Gasteiger partial charge in [-0.2, -0.15) is 0 Å². The lowest BCUT2D eigenvalue weighted by Gasteiger charge is -2.21. The predicted molar refractivity (Wildman–Crippen MR) is 349 cm³/mol. The van der Waals surface area contributed by atoms with Crippen LogP contribution in [-0.2, 0) is 65.4 Å². The minimum atomic E-state index is -4.95. The number of carbonyl (C=O) groups is 4. The SMILES string of the molecule is CCCCCCCCCCCCCCC(=O)OC[C@H](COP(=O)(O)OC[C@@H](O)COP(=O)(O)OC[C@@H](COC(=O)CCCCCCCCCCC(C)C)OC(=O)CCCCCCCCCCCCCC)OC(=O)CCCCCCCCCCCCCC. The Bertz CT molecular complexity index is 1690. The van der Waals surface area contributed by atoms with Crippen molar-refractivity contribution in [1.82, 2.24) is 0 Å². The van der Waals surface area contributed by atoms with E-state index in [0.717, 1.165) is 95.8 Å². The van der Waals surface area contributed by atoms with Crippen LogP contribution in [0.2, 0.25) is 0 Å². The monoisotopic (exact) mass is 1280 g/mol. The maximum absolute atomic E-state index is 13.0. The third kappa shape index (κ3) is 62.6. The average molecular weight is 1280 g/mol. The molecule has 87 heavy (non-hydrogen) atoms. The molecule has 19 heteroatoms. The van der Waals surface area contributed by atoms with Crippen molar-refractivity contribution in [3.8, 4) is 0 Å². The molecule has 0 aliphatic rings. The fourth-order valence-corrected chi connectivity index (χ4v) is 11.9. The van der Waals surface area contributed by atoms with Crippen molar-refractivity contribution in [3.63, 3.8) is 0 Å². The molecule has 17 nitrogen and oxygen atoms in total. The van der Waals surface area contributed by atoms with Crippen LogP contribution in [0, 0.1) is 5.92 Å². The number of aliphatic hydroxyl groups is 1. The van der Waals surface area contributed by atoms with Gasteiger partial charge in [0, 0.05) is 25.7 Å². The summed E-state index contributed by atoms with van der Waals surface area (Å²) in [6.07, 6.45) is 47.0. The van der Waals surface area contributed by atoms with E-state index in [4.69, 9.17) is 37.0 Å². The van der Waals surface area contributed by atoms with E-state index in [1.54, 1.807) is 0 Å². The van der Waals surface area contributed by atoms with Crippen molar-refractivity contribution in [3.05, 3.63) is 0 Å². The van der Waals surface area contributed by atoms with E-state index < -0.39 is 97.5 Å². The van der Waals surface area contributed by atoms with E-state index in [0.29, 0.717) is 25.7 Å². The summed E-state index contributed by atoms with van der Waals surface area (Å²) >= 11 is 0. The third-order valence-electron chi connectivity index (χ3n) is 15.8. The lowest BCUT2D eigenvalue weighted by Crippen LogP contribution is -2.30. The number of phosphoric ester groups is 2. The summed E-state index contributed by atoms with van der Waals surface area (Å²) < 4.78 is 68.2. The van der Waals surface area contributed by atoms with Gasteiger partial charge in [0.2, 0.25) is 0 Å². The van der Waals surface area contributed by atoms with E-state index >= 15 is 0 Å². The molecule has 0 amide bonds. The molecule has 516 valence electrons. The van der Waals surface area contributed by atoms with Crippen molar-refractivity contribution in [2.24, 2.45) is 5.92 Å². The molecule has 0 radical (unpaired) electrons. The molecule has 2 unspecified atom stereocenters. The molecule has 0 saturated carbocycles. The Labute approximate surface area is 530 Å². The molecule has 0 bridgehead atoms. The highest BCUT2D eigenvalue weighted by Crippen LogP contribution is 2.45. The number of carbonyl (C=O) groups excluding carboxylic acids is 4. The van der Waals surface area contributed by atoms with Crippen molar-refractivity contribution in [2.45, 2.75) is 368 Å². The van der Waals surface area contributed by atoms with E-state index in [9.17, 15) is 43.2 Å². The Morgan fingerprint density at radius 3 is 0.782 bits per heavy atom. The Morgan fingerprint density at radius 1 is 0.310 bits per heavy atom. The first-order chi connectivity index (χ1) is 42.0. The Morgan fingerprint density at radius 2 is 0.529 bits per heavy atom. The minimum Gasteiger partial charge on any atom is -0.462 e. The van der Waals surface area contributed by atoms with Gasteiger partial charge in [0.1, 0.15) is 19.3 Å². The first kappa shape index (κ1) is 85.1. The number of esters is 4. The van der Waals surface area contributed by atoms with Gasteiger partial charge in [0.15, 0.2) is 12.2 Å². The molecule has 0 fully saturated rings. The number of hydrogen-bond acceptors (Lipinski definition) is 15. The molecule has 0 heterocycles. The average Bonchev–Trinajstić information content (AvgIpc) is 3.56. The predicted octanol–water partition coefficient (Wildman–Crippen LogP) is 19.4. The van der Waals surface area contributed by atoms with Crippen LogP contribution in [0.15, 0.2) is 0 Å². The zero-order valence-electron chi connectivity index (χ0n) is 56.2. The molecule has 3 N–H and O–H groups in total. The van der Waals surface area contributed by atoms with Gasteiger partial charge in [-0.3, -0.25) is 37.3 Å². The number of unbranched alkanes of at least 4 members (excludes halogenated alkanes) is 40. The number of rotatable bonds is 68. The fraction of sp³-hybridized carbons (Fsp3) is 0.941. The molecule has 0 aromatic carbocycles. The number of hydrogen-bond donors (Lipinski definition) is 3. The van der Waals surface area contributed by atoms with Crippen molar-refractivity contribution in [2.75, 3.05) is 39.6 Å². The normalized spacial score (nSPS) is 14.1. The minimum absolute atomic E-state index is 0.107. The quantitative estimate of drug-likeness (QED) is 0.0222. The Kier molecular flexibility index (Phi) is 60.2. The van der Waals surface area contributed by atoms with Gasteiger partial charge in [-0.15, -0.1) is 0 Å². The summed E-state index contributed by atoms with van der Waals surface area (Å²) in [6, 6.07) is 0. The first-order valence-electron chi connectivity index (χ1n) is 35.6.